The number of aromatic amines is 1. The summed E-state index contributed by atoms with van der Waals surface area (Å²) in [7, 11) is 1.64. The van der Waals surface area contributed by atoms with E-state index in [0.717, 1.165) is 47.7 Å². The van der Waals surface area contributed by atoms with Crippen LogP contribution in [0.3, 0.4) is 0 Å². The lowest BCUT2D eigenvalue weighted by Gasteiger charge is -2.42. The van der Waals surface area contributed by atoms with Gasteiger partial charge in [-0.2, -0.15) is 0 Å². The van der Waals surface area contributed by atoms with Crippen LogP contribution < -0.4 is 5.32 Å². The van der Waals surface area contributed by atoms with E-state index in [0.29, 0.717) is 25.3 Å². The van der Waals surface area contributed by atoms with Crippen molar-refractivity contribution in [3.63, 3.8) is 0 Å². The van der Waals surface area contributed by atoms with Crippen molar-refractivity contribution < 1.29 is 14.3 Å². The van der Waals surface area contributed by atoms with E-state index in [-0.39, 0.29) is 17.2 Å². The second-order valence-corrected chi connectivity index (χ2v) is 10.9. The van der Waals surface area contributed by atoms with Crippen LogP contribution >= 0.6 is 0 Å². The van der Waals surface area contributed by atoms with Gasteiger partial charge in [-0.25, -0.2) is 0 Å². The molecule has 2 amide bonds. The molecule has 2 heterocycles. The van der Waals surface area contributed by atoms with Gasteiger partial charge in [-0.15, -0.1) is 0 Å². The summed E-state index contributed by atoms with van der Waals surface area (Å²) >= 11 is 0. The number of hydrogen-bond donors (Lipinski definition) is 2. The summed E-state index contributed by atoms with van der Waals surface area (Å²) in [4.78, 5) is 33.4. The highest BCUT2D eigenvalue weighted by Crippen LogP contribution is 2.45. The molecule has 0 radical (unpaired) electrons. The summed E-state index contributed by atoms with van der Waals surface area (Å²) in [5.41, 5.74) is 4.53. The number of rotatable bonds is 8. The Morgan fingerprint density at radius 1 is 0.974 bits per heavy atom. The molecule has 2 aliphatic rings. The lowest BCUT2D eigenvalue weighted by molar-refractivity contribution is -0.124. The van der Waals surface area contributed by atoms with Crippen LogP contribution in [0.15, 0.2) is 85.1 Å². The number of benzene rings is 3. The molecule has 4 aromatic rings. The number of nitrogens with one attached hydrogen (secondary N) is 2. The lowest BCUT2D eigenvalue weighted by Crippen LogP contribution is -2.50. The molecule has 6 heteroatoms. The van der Waals surface area contributed by atoms with Gasteiger partial charge in [0.1, 0.15) is 0 Å². The number of H-pyrrole nitrogens is 1. The summed E-state index contributed by atoms with van der Waals surface area (Å²) < 4.78 is 5.40. The minimum absolute atomic E-state index is 0.0464. The quantitative estimate of drug-likeness (QED) is 0.311. The van der Waals surface area contributed by atoms with Gasteiger partial charge in [0.15, 0.2) is 0 Å². The van der Waals surface area contributed by atoms with Crippen LogP contribution in [0.25, 0.3) is 10.9 Å². The molecule has 1 aromatic heterocycles. The molecule has 3 aromatic carbocycles. The zero-order chi connectivity index (χ0) is 26.8. The standard InChI is InChI=1S/C33H35N3O3/c1-39-20-19-36-30(27-21-34-28-16-8-7-13-24(27)28)29(25-14-5-6-15-26(25)32(36)38)31(37)35-22-33(17-9-10-18-33)23-11-3-2-4-12-23/h2-8,11-16,21,29-30,34H,9-10,17-20,22H2,1H3,(H,35,37). The molecule has 0 spiro atoms. The predicted molar refractivity (Wildman–Crippen MR) is 153 cm³/mol. The summed E-state index contributed by atoms with van der Waals surface area (Å²) in [6.45, 7) is 1.37. The lowest BCUT2D eigenvalue weighted by atomic mass is 9.77. The Morgan fingerprint density at radius 3 is 2.49 bits per heavy atom. The number of ether oxygens (including phenoxy) is 1. The van der Waals surface area contributed by atoms with Crippen LogP contribution in [-0.2, 0) is 14.9 Å². The molecule has 39 heavy (non-hydrogen) atoms. The van der Waals surface area contributed by atoms with Crippen molar-refractivity contribution in [3.8, 4) is 0 Å². The number of aromatic nitrogens is 1. The topological polar surface area (TPSA) is 74.4 Å². The molecule has 2 unspecified atom stereocenters. The van der Waals surface area contributed by atoms with E-state index in [1.807, 2.05) is 59.6 Å². The zero-order valence-electron chi connectivity index (χ0n) is 22.4. The highest BCUT2D eigenvalue weighted by molar-refractivity contribution is 6.02. The van der Waals surface area contributed by atoms with Crippen molar-refractivity contribution in [1.29, 1.82) is 0 Å². The van der Waals surface area contributed by atoms with Gasteiger partial charge < -0.3 is 19.9 Å². The van der Waals surface area contributed by atoms with Crippen LogP contribution in [0.4, 0.5) is 0 Å². The first-order valence-electron chi connectivity index (χ1n) is 13.9. The van der Waals surface area contributed by atoms with E-state index >= 15 is 0 Å². The summed E-state index contributed by atoms with van der Waals surface area (Å²) in [6.07, 6.45) is 6.40. The molecule has 1 aliphatic heterocycles. The molecular formula is C33H35N3O3. The highest BCUT2D eigenvalue weighted by atomic mass is 16.5. The Hall–Kier alpha value is -3.90. The minimum Gasteiger partial charge on any atom is -0.383 e. The summed E-state index contributed by atoms with van der Waals surface area (Å²) in [5.74, 6) is -0.669. The predicted octanol–water partition coefficient (Wildman–Crippen LogP) is 5.72. The first-order chi connectivity index (χ1) is 19.1. The van der Waals surface area contributed by atoms with Crippen molar-refractivity contribution in [2.75, 3.05) is 26.8 Å². The van der Waals surface area contributed by atoms with Crippen LogP contribution in [0, 0.1) is 0 Å². The molecule has 2 atom stereocenters. The van der Waals surface area contributed by atoms with Crippen molar-refractivity contribution >= 4 is 22.7 Å². The van der Waals surface area contributed by atoms with E-state index in [4.69, 9.17) is 4.74 Å². The molecule has 1 fully saturated rings. The molecule has 6 rings (SSSR count). The van der Waals surface area contributed by atoms with E-state index in [1.165, 1.54) is 5.56 Å². The number of amides is 2. The average molecular weight is 522 g/mol. The van der Waals surface area contributed by atoms with E-state index in [1.54, 1.807) is 7.11 Å². The Morgan fingerprint density at radius 2 is 1.69 bits per heavy atom. The maximum atomic E-state index is 14.4. The number of nitrogens with zero attached hydrogens (tertiary/aromatic N) is 1. The molecular weight excluding hydrogens is 486 g/mol. The van der Waals surface area contributed by atoms with Crippen LogP contribution in [0.1, 0.15) is 64.7 Å². The van der Waals surface area contributed by atoms with Crippen molar-refractivity contribution in [3.05, 3.63) is 107 Å². The third kappa shape index (κ3) is 4.53. The molecule has 0 bridgehead atoms. The fraction of sp³-hybridized carbons (Fsp3) is 0.333. The first-order valence-corrected chi connectivity index (χ1v) is 13.9. The fourth-order valence-corrected chi connectivity index (χ4v) is 6.77. The van der Waals surface area contributed by atoms with Gasteiger partial charge in [0.25, 0.3) is 5.91 Å². The van der Waals surface area contributed by atoms with Crippen LogP contribution in [0.2, 0.25) is 0 Å². The molecule has 200 valence electrons. The fourth-order valence-electron chi connectivity index (χ4n) is 6.77. The number of methoxy groups -OCH3 is 1. The van der Waals surface area contributed by atoms with E-state index in [9.17, 15) is 9.59 Å². The maximum absolute atomic E-state index is 14.4. The molecule has 6 nitrogen and oxygen atoms in total. The Balaban J connectivity index is 1.42. The Kier molecular flexibility index (Phi) is 6.96. The van der Waals surface area contributed by atoms with E-state index in [2.05, 4.69) is 40.6 Å². The van der Waals surface area contributed by atoms with Gasteiger partial charge >= 0.3 is 0 Å². The van der Waals surface area contributed by atoms with Gasteiger partial charge in [0, 0.05) is 53.8 Å². The van der Waals surface area contributed by atoms with Gasteiger partial charge in [-0.1, -0.05) is 79.6 Å². The van der Waals surface area contributed by atoms with Crippen molar-refractivity contribution in [2.45, 2.75) is 43.1 Å². The van der Waals surface area contributed by atoms with Crippen molar-refractivity contribution in [1.82, 2.24) is 15.2 Å². The number of fused-ring (bicyclic) bond motifs is 2. The summed E-state index contributed by atoms with van der Waals surface area (Å²) in [6, 6.07) is 25.8. The van der Waals surface area contributed by atoms with Crippen LogP contribution in [-0.4, -0.2) is 48.5 Å². The van der Waals surface area contributed by atoms with E-state index < -0.39 is 12.0 Å². The normalized spacial score (nSPS) is 20.2. The largest absolute Gasteiger partial charge is 0.383 e. The highest BCUT2D eigenvalue weighted by Gasteiger charge is 2.45. The monoisotopic (exact) mass is 521 g/mol. The van der Waals surface area contributed by atoms with Crippen LogP contribution in [0.5, 0.6) is 0 Å². The third-order valence-electron chi connectivity index (χ3n) is 8.75. The van der Waals surface area contributed by atoms with Gasteiger partial charge in [-0.05, 0) is 36.1 Å². The van der Waals surface area contributed by atoms with Gasteiger partial charge in [0.05, 0.1) is 18.6 Å². The first kappa shape index (κ1) is 25.4. The van der Waals surface area contributed by atoms with Crippen molar-refractivity contribution in [2.24, 2.45) is 0 Å². The Bertz CT molecular complexity index is 1470. The van der Waals surface area contributed by atoms with Gasteiger partial charge in [-0.3, -0.25) is 9.59 Å². The minimum atomic E-state index is -0.552. The second kappa shape index (κ2) is 10.7. The zero-order valence-corrected chi connectivity index (χ0v) is 22.4. The maximum Gasteiger partial charge on any atom is 0.254 e. The number of para-hydroxylation sites is 1. The SMILES string of the molecule is COCCN1C(=O)c2ccccc2C(C(=O)NCC2(c3ccccc3)CCCC2)C1c1c[nH]c2ccccc12. The molecule has 1 aliphatic carbocycles. The number of hydrogen-bond acceptors (Lipinski definition) is 3. The van der Waals surface area contributed by atoms with Gasteiger partial charge in [0.2, 0.25) is 5.91 Å². The molecule has 1 saturated carbocycles. The number of carbonyl (C=O) groups excluding carboxylic acids is 2. The third-order valence-corrected chi connectivity index (χ3v) is 8.75. The molecule has 2 N–H and O–H groups in total. The molecule has 0 saturated heterocycles. The smallest absolute Gasteiger partial charge is 0.254 e. The Labute approximate surface area is 229 Å². The average Bonchev–Trinajstić information content (AvgIpc) is 3.64. The summed E-state index contributed by atoms with van der Waals surface area (Å²) in [5, 5.41) is 4.41. The number of carbonyl (C=O) groups is 2. The second-order valence-electron chi connectivity index (χ2n) is 10.9.